The Bertz CT molecular complexity index is 2330. The third-order valence-electron chi connectivity index (χ3n) is 8.27. The number of aryl methyl sites for hydroxylation is 1. The molecule has 1 heterocycles. The fourth-order valence-corrected chi connectivity index (χ4v) is 7.70. The summed E-state index contributed by atoms with van der Waals surface area (Å²) >= 11 is 8.63. The summed E-state index contributed by atoms with van der Waals surface area (Å²) in [5.74, 6) is -1.86. The minimum absolute atomic E-state index is 0.0223. The molecule has 1 atom stereocenters. The molecule has 0 aliphatic rings. The second-order valence-corrected chi connectivity index (χ2v) is 14.7. The average Bonchev–Trinajstić information content (AvgIpc) is 3.62. The van der Waals surface area contributed by atoms with Gasteiger partial charge in [-0.05, 0) is 79.1 Å². The van der Waals surface area contributed by atoms with E-state index in [0.717, 1.165) is 16.7 Å². The van der Waals surface area contributed by atoms with E-state index in [-0.39, 0.29) is 18.2 Å². The van der Waals surface area contributed by atoms with E-state index in [2.05, 4.69) is 16.0 Å². The summed E-state index contributed by atoms with van der Waals surface area (Å²) in [6.07, 6.45) is 1.57. The van der Waals surface area contributed by atoms with Crippen LogP contribution in [0, 0.1) is 6.92 Å². The number of anilines is 2. The Balaban J connectivity index is 1.25. The quantitative estimate of drug-likeness (QED) is 0.0610. The van der Waals surface area contributed by atoms with Crippen molar-refractivity contribution < 1.29 is 23.9 Å². The van der Waals surface area contributed by atoms with Gasteiger partial charge in [0.25, 0.3) is 11.8 Å². The zero-order valence-electron chi connectivity index (χ0n) is 29.9. The second-order valence-electron chi connectivity index (χ2n) is 12.2. The van der Waals surface area contributed by atoms with Gasteiger partial charge in [0.1, 0.15) is 21.5 Å². The van der Waals surface area contributed by atoms with Crippen LogP contribution in [0.4, 0.5) is 10.7 Å². The Morgan fingerprint density at radius 3 is 2.20 bits per heavy atom. The van der Waals surface area contributed by atoms with Crippen molar-refractivity contribution in [2.45, 2.75) is 24.0 Å². The maximum atomic E-state index is 14.2. The molecule has 0 aliphatic carbocycles. The number of carbonyl (C=O) groups is 4. The molecule has 3 amide bonds. The monoisotopic (exact) mass is 785 g/mol. The van der Waals surface area contributed by atoms with Gasteiger partial charge in [-0.2, -0.15) is 0 Å². The lowest BCUT2D eigenvalue weighted by molar-refractivity contribution is -0.116. The first-order valence-corrected chi connectivity index (χ1v) is 19.5. The number of halogens is 1. The van der Waals surface area contributed by atoms with Crippen LogP contribution in [0.15, 0.2) is 149 Å². The van der Waals surface area contributed by atoms with Gasteiger partial charge in [-0.25, -0.2) is 4.79 Å². The molecule has 0 saturated carbocycles. The third-order valence-corrected chi connectivity index (χ3v) is 10.7. The van der Waals surface area contributed by atoms with E-state index in [1.807, 2.05) is 73.0 Å². The molecule has 1 aromatic heterocycles. The van der Waals surface area contributed by atoms with Crippen molar-refractivity contribution in [3.63, 3.8) is 0 Å². The van der Waals surface area contributed by atoms with E-state index in [4.69, 9.17) is 16.3 Å². The number of thioether (sulfide) groups is 1. The molecular weight excluding hydrogens is 750 g/mol. The molecule has 11 heteroatoms. The molecule has 6 rings (SSSR count). The van der Waals surface area contributed by atoms with Crippen LogP contribution < -0.4 is 16.0 Å². The predicted molar refractivity (Wildman–Crippen MR) is 223 cm³/mol. The van der Waals surface area contributed by atoms with Crippen molar-refractivity contribution in [2.75, 3.05) is 17.2 Å². The molecule has 0 radical (unpaired) electrons. The Labute approximate surface area is 332 Å². The van der Waals surface area contributed by atoms with Gasteiger partial charge in [0.05, 0.1) is 6.61 Å². The highest BCUT2D eigenvalue weighted by molar-refractivity contribution is 8.00. The van der Waals surface area contributed by atoms with Gasteiger partial charge in [0, 0.05) is 32.1 Å². The summed E-state index contributed by atoms with van der Waals surface area (Å²) in [5, 5.41) is 10.7. The first kappa shape index (κ1) is 38.8. The molecule has 0 saturated heterocycles. The molecule has 55 heavy (non-hydrogen) atoms. The Hall–Kier alpha value is -5.94. The Morgan fingerprint density at radius 1 is 0.818 bits per heavy atom. The highest BCUT2D eigenvalue weighted by Crippen LogP contribution is 2.40. The van der Waals surface area contributed by atoms with Gasteiger partial charge >= 0.3 is 5.97 Å². The summed E-state index contributed by atoms with van der Waals surface area (Å²) in [7, 11) is 0. The predicted octanol–water partition coefficient (Wildman–Crippen LogP) is 10.4. The SMILES string of the molecule is CCOC(=O)c1c(-c2ccc(C)cc2)csc1NC(=O)C(Sc1cccc(NC(=O)/C(=C/c2ccc(Cl)cc2)NC(=O)c2ccccc2)c1)c1ccccc1. The van der Waals surface area contributed by atoms with Gasteiger partial charge < -0.3 is 20.7 Å². The second kappa shape index (κ2) is 18.4. The molecule has 0 aliphatic heterocycles. The van der Waals surface area contributed by atoms with Gasteiger partial charge in [0.15, 0.2) is 0 Å². The number of benzene rings is 5. The fraction of sp³-hybridized carbons (Fsp3) is 0.0909. The highest BCUT2D eigenvalue weighted by atomic mass is 35.5. The number of carbonyl (C=O) groups excluding carboxylic acids is 4. The van der Waals surface area contributed by atoms with Crippen LogP contribution in [0.5, 0.6) is 0 Å². The van der Waals surface area contributed by atoms with E-state index in [0.29, 0.717) is 42.9 Å². The van der Waals surface area contributed by atoms with Crippen molar-refractivity contribution in [3.8, 4) is 11.1 Å². The number of thiophene rings is 1. The zero-order valence-corrected chi connectivity index (χ0v) is 32.3. The van der Waals surface area contributed by atoms with E-state index in [1.54, 1.807) is 85.8 Å². The maximum Gasteiger partial charge on any atom is 0.341 e. The van der Waals surface area contributed by atoms with Crippen molar-refractivity contribution in [1.29, 1.82) is 0 Å². The van der Waals surface area contributed by atoms with Crippen LogP contribution in [0.1, 0.15) is 49.6 Å². The van der Waals surface area contributed by atoms with Crippen molar-refractivity contribution in [2.24, 2.45) is 0 Å². The molecule has 3 N–H and O–H groups in total. The topological polar surface area (TPSA) is 114 Å². The molecule has 276 valence electrons. The summed E-state index contributed by atoms with van der Waals surface area (Å²) < 4.78 is 5.42. The van der Waals surface area contributed by atoms with Crippen LogP contribution in [-0.2, 0) is 14.3 Å². The standard InChI is InChI=1S/C44H36ClN3O5S2/c1-3-53-44(52)38-36(30-21-17-28(2)18-22-30)27-54-43(38)48-42(51)39(31-11-6-4-7-12-31)55-35-16-10-15-34(26-35)46-41(50)37(25-29-19-23-33(45)24-20-29)47-40(49)32-13-8-5-9-14-32/h4-27,39H,3H2,1-2H3,(H,46,50)(H,47,49)(H,48,51)/b37-25-. The van der Waals surface area contributed by atoms with E-state index in [1.165, 1.54) is 23.1 Å². The molecule has 8 nitrogen and oxygen atoms in total. The molecule has 6 aromatic rings. The Morgan fingerprint density at radius 2 is 1.51 bits per heavy atom. The Kier molecular flexibility index (Phi) is 13.0. The smallest absolute Gasteiger partial charge is 0.341 e. The molecule has 0 bridgehead atoms. The summed E-state index contributed by atoms with van der Waals surface area (Å²) in [6.45, 7) is 3.91. The number of esters is 1. The number of nitrogens with one attached hydrogen (secondary N) is 3. The van der Waals surface area contributed by atoms with E-state index >= 15 is 0 Å². The molecule has 5 aromatic carbocycles. The van der Waals surface area contributed by atoms with Gasteiger partial charge in [-0.15, -0.1) is 23.1 Å². The van der Waals surface area contributed by atoms with Crippen LogP contribution in [0.25, 0.3) is 17.2 Å². The van der Waals surface area contributed by atoms with Crippen LogP contribution >= 0.6 is 34.7 Å². The lowest BCUT2D eigenvalue weighted by Crippen LogP contribution is -2.30. The zero-order chi connectivity index (χ0) is 38.7. The average molecular weight is 786 g/mol. The van der Waals surface area contributed by atoms with E-state index < -0.39 is 23.0 Å². The lowest BCUT2D eigenvalue weighted by Gasteiger charge is -2.18. The molecular formula is C44H36ClN3O5S2. The highest BCUT2D eigenvalue weighted by Gasteiger charge is 2.28. The largest absolute Gasteiger partial charge is 0.462 e. The van der Waals surface area contributed by atoms with Crippen molar-refractivity contribution in [1.82, 2.24) is 5.32 Å². The van der Waals surface area contributed by atoms with Crippen LogP contribution in [-0.4, -0.2) is 30.3 Å². The third kappa shape index (κ3) is 10.2. The van der Waals surface area contributed by atoms with Gasteiger partial charge in [0.2, 0.25) is 5.91 Å². The minimum Gasteiger partial charge on any atom is -0.462 e. The lowest BCUT2D eigenvalue weighted by atomic mass is 10.0. The van der Waals surface area contributed by atoms with Crippen LogP contribution in [0.3, 0.4) is 0 Å². The van der Waals surface area contributed by atoms with E-state index in [9.17, 15) is 19.2 Å². The first-order valence-electron chi connectivity index (χ1n) is 17.3. The number of hydrogen-bond acceptors (Lipinski definition) is 7. The van der Waals surface area contributed by atoms with Crippen molar-refractivity contribution in [3.05, 3.63) is 177 Å². The number of hydrogen-bond donors (Lipinski definition) is 3. The number of rotatable bonds is 13. The van der Waals surface area contributed by atoms with Gasteiger partial charge in [-0.3, -0.25) is 14.4 Å². The number of ether oxygens (including phenoxy) is 1. The first-order chi connectivity index (χ1) is 26.7. The number of amides is 3. The molecule has 1 unspecified atom stereocenters. The van der Waals surface area contributed by atoms with Crippen molar-refractivity contribution >= 4 is 75.2 Å². The molecule has 0 spiro atoms. The van der Waals surface area contributed by atoms with Gasteiger partial charge in [-0.1, -0.05) is 108 Å². The van der Waals surface area contributed by atoms with Crippen LogP contribution in [0.2, 0.25) is 5.02 Å². The summed E-state index contributed by atoms with van der Waals surface area (Å²) in [5.41, 5.74) is 5.16. The summed E-state index contributed by atoms with van der Waals surface area (Å²) in [4.78, 5) is 55.0. The summed E-state index contributed by atoms with van der Waals surface area (Å²) in [6, 6.07) is 39.7. The maximum absolute atomic E-state index is 14.2. The fourth-order valence-electron chi connectivity index (χ4n) is 5.53. The minimum atomic E-state index is -0.738. The normalized spacial score (nSPS) is 11.7. The molecule has 0 fully saturated rings.